The molecule has 0 aromatic heterocycles. The predicted molar refractivity (Wildman–Crippen MR) is 120 cm³/mol. The third kappa shape index (κ3) is 3.82. The molecule has 0 saturated carbocycles. The van der Waals surface area contributed by atoms with E-state index in [9.17, 15) is 9.59 Å². The van der Waals surface area contributed by atoms with Gasteiger partial charge in [-0.05, 0) is 41.8 Å². The highest BCUT2D eigenvalue weighted by molar-refractivity contribution is 6.07. The van der Waals surface area contributed by atoms with Crippen molar-refractivity contribution in [3.63, 3.8) is 0 Å². The van der Waals surface area contributed by atoms with Crippen molar-refractivity contribution in [1.29, 1.82) is 0 Å². The first-order chi connectivity index (χ1) is 14.5. The van der Waals surface area contributed by atoms with Crippen molar-refractivity contribution in [1.82, 2.24) is 5.32 Å². The maximum absolute atomic E-state index is 13.2. The number of para-hydroxylation sites is 2. The fourth-order valence-corrected chi connectivity index (χ4v) is 3.63. The number of fused-ring (bicyclic) bond motifs is 1. The molecule has 2 N–H and O–H groups in total. The zero-order chi connectivity index (χ0) is 21.1. The summed E-state index contributed by atoms with van der Waals surface area (Å²) in [7, 11) is 1.73. The molecule has 1 heterocycles. The summed E-state index contributed by atoms with van der Waals surface area (Å²) >= 11 is 0. The van der Waals surface area contributed by atoms with Gasteiger partial charge in [-0.1, -0.05) is 66.7 Å². The van der Waals surface area contributed by atoms with Crippen LogP contribution in [-0.2, 0) is 4.79 Å². The molecular weight excluding hydrogens is 374 g/mol. The van der Waals surface area contributed by atoms with Crippen molar-refractivity contribution in [3.8, 4) is 0 Å². The second-order valence-electron chi connectivity index (χ2n) is 7.25. The molecule has 0 saturated heterocycles. The number of benzene rings is 3. The van der Waals surface area contributed by atoms with Crippen LogP contribution in [0.1, 0.15) is 16.7 Å². The standard InChI is InChI=1S/C25H23N3O2/c1-17-10-6-8-14-21(17)26-25(30)27-22-16-20(18-11-4-3-5-12-18)19-13-7-9-15-23(19)28(2)24(22)29/h3-16,22H,1-2H3,(H2,26,27,30). The summed E-state index contributed by atoms with van der Waals surface area (Å²) in [5.74, 6) is -0.201. The number of nitrogens with zero attached hydrogens (tertiary/aromatic N) is 1. The molecule has 1 aliphatic rings. The number of rotatable bonds is 3. The zero-order valence-electron chi connectivity index (χ0n) is 16.9. The van der Waals surface area contributed by atoms with Crippen molar-refractivity contribution >= 4 is 28.9 Å². The van der Waals surface area contributed by atoms with E-state index in [1.54, 1.807) is 11.9 Å². The highest BCUT2D eigenvalue weighted by Gasteiger charge is 2.29. The molecule has 0 spiro atoms. The molecule has 5 nitrogen and oxygen atoms in total. The van der Waals surface area contributed by atoms with Crippen LogP contribution in [0.2, 0.25) is 0 Å². The van der Waals surface area contributed by atoms with Crippen LogP contribution in [-0.4, -0.2) is 25.0 Å². The Hall–Kier alpha value is -3.86. The highest BCUT2D eigenvalue weighted by Crippen LogP contribution is 2.34. The van der Waals surface area contributed by atoms with Gasteiger partial charge in [-0.2, -0.15) is 0 Å². The van der Waals surface area contributed by atoms with E-state index in [4.69, 9.17) is 0 Å². The third-order valence-corrected chi connectivity index (χ3v) is 5.25. The van der Waals surface area contributed by atoms with Gasteiger partial charge in [0.15, 0.2) is 0 Å². The van der Waals surface area contributed by atoms with E-state index >= 15 is 0 Å². The molecule has 0 bridgehead atoms. The van der Waals surface area contributed by atoms with E-state index in [-0.39, 0.29) is 5.91 Å². The van der Waals surface area contributed by atoms with Gasteiger partial charge in [-0.3, -0.25) is 4.79 Å². The van der Waals surface area contributed by atoms with Crippen molar-refractivity contribution in [2.75, 3.05) is 17.3 Å². The fourth-order valence-electron chi connectivity index (χ4n) is 3.63. The number of hydrogen-bond donors (Lipinski definition) is 2. The monoisotopic (exact) mass is 397 g/mol. The molecule has 5 heteroatoms. The van der Waals surface area contributed by atoms with Crippen molar-refractivity contribution < 1.29 is 9.59 Å². The number of amides is 3. The third-order valence-electron chi connectivity index (χ3n) is 5.25. The Morgan fingerprint density at radius 1 is 0.900 bits per heavy atom. The lowest BCUT2D eigenvalue weighted by molar-refractivity contribution is -0.119. The Morgan fingerprint density at radius 3 is 2.33 bits per heavy atom. The molecule has 0 radical (unpaired) electrons. The van der Waals surface area contributed by atoms with Gasteiger partial charge >= 0.3 is 6.03 Å². The lowest BCUT2D eigenvalue weighted by Crippen LogP contribution is -2.47. The number of aryl methyl sites for hydroxylation is 1. The lowest BCUT2D eigenvalue weighted by Gasteiger charge is -2.22. The maximum atomic E-state index is 13.2. The Labute approximate surface area is 176 Å². The van der Waals surface area contributed by atoms with Crippen LogP contribution in [0.15, 0.2) is 84.9 Å². The van der Waals surface area contributed by atoms with E-state index in [0.717, 1.165) is 28.0 Å². The molecule has 150 valence electrons. The molecule has 0 fully saturated rings. The molecular formula is C25H23N3O2. The average Bonchev–Trinajstić information content (AvgIpc) is 2.87. The normalized spacial score (nSPS) is 15.7. The van der Waals surface area contributed by atoms with Crippen molar-refractivity contribution in [3.05, 3.63) is 102 Å². The van der Waals surface area contributed by atoms with Gasteiger partial charge in [-0.15, -0.1) is 0 Å². The number of hydrogen-bond acceptors (Lipinski definition) is 2. The van der Waals surface area contributed by atoms with Crippen molar-refractivity contribution in [2.45, 2.75) is 13.0 Å². The number of urea groups is 1. The first-order valence-corrected chi connectivity index (χ1v) is 9.82. The Kier molecular flexibility index (Phi) is 5.35. The van der Waals surface area contributed by atoms with Gasteiger partial charge in [-0.25, -0.2) is 4.79 Å². The van der Waals surface area contributed by atoms with Crippen molar-refractivity contribution in [2.24, 2.45) is 0 Å². The minimum absolute atomic E-state index is 0.201. The number of anilines is 2. The largest absolute Gasteiger partial charge is 0.323 e. The Bertz CT molecular complexity index is 1120. The van der Waals surface area contributed by atoms with Gasteiger partial charge in [0.05, 0.1) is 5.69 Å². The van der Waals surface area contributed by atoms with Gasteiger partial charge in [0.25, 0.3) is 5.91 Å². The fraction of sp³-hybridized carbons (Fsp3) is 0.120. The van der Waals surface area contributed by atoms with Crippen LogP contribution in [0, 0.1) is 6.92 Å². The molecule has 30 heavy (non-hydrogen) atoms. The molecule has 1 aliphatic heterocycles. The molecule has 0 aliphatic carbocycles. The summed E-state index contributed by atoms with van der Waals surface area (Å²) in [6.07, 6.45) is 1.83. The number of nitrogens with one attached hydrogen (secondary N) is 2. The zero-order valence-corrected chi connectivity index (χ0v) is 16.9. The van der Waals surface area contributed by atoms with E-state index in [1.807, 2.05) is 91.9 Å². The smallest absolute Gasteiger partial charge is 0.320 e. The topological polar surface area (TPSA) is 61.4 Å². The van der Waals surface area contributed by atoms with Crippen LogP contribution < -0.4 is 15.5 Å². The summed E-state index contributed by atoms with van der Waals surface area (Å²) < 4.78 is 0. The summed E-state index contributed by atoms with van der Waals surface area (Å²) in [5, 5.41) is 5.67. The average molecular weight is 397 g/mol. The predicted octanol–water partition coefficient (Wildman–Crippen LogP) is 4.59. The number of carbonyl (C=O) groups is 2. The molecule has 3 aromatic carbocycles. The summed E-state index contributed by atoms with van der Waals surface area (Å²) in [5.41, 5.74) is 5.30. The van der Waals surface area contributed by atoms with Crippen LogP contribution in [0.5, 0.6) is 0 Å². The van der Waals surface area contributed by atoms with Gasteiger partial charge in [0.2, 0.25) is 0 Å². The van der Waals surface area contributed by atoms with E-state index < -0.39 is 12.1 Å². The molecule has 4 rings (SSSR count). The van der Waals surface area contributed by atoms with Crippen LogP contribution in [0.3, 0.4) is 0 Å². The Balaban J connectivity index is 1.70. The van der Waals surface area contributed by atoms with Crippen LogP contribution in [0.25, 0.3) is 5.57 Å². The maximum Gasteiger partial charge on any atom is 0.320 e. The number of likely N-dealkylation sites (N-methyl/N-ethyl adjacent to an activating group) is 1. The summed E-state index contributed by atoms with van der Waals surface area (Å²) in [4.78, 5) is 27.5. The van der Waals surface area contributed by atoms with Crippen LogP contribution in [0.4, 0.5) is 16.2 Å². The summed E-state index contributed by atoms with van der Waals surface area (Å²) in [6, 6.07) is 23.9. The second kappa shape index (κ2) is 8.25. The van der Waals surface area contributed by atoms with Gasteiger partial charge in [0.1, 0.15) is 6.04 Å². The highest BCUT2D eigenvalue weighted by atomic mass is 16.2. The van der Waals surface area contributed by atoms with E-state index in [1.165, 1.54) is 0 Å². The van der Waals surface area contributed by atoms with Crippen LogP contribution >= 0.6 is 0 Å². The molecule has 3 amide bonds. The second-order valence-corrected chi connectivity index (χ2v) is 7.25. The lowest BCUT2D eigenvalue weighted by atomic mass is 9.95. The minimum Gasteiger partial charge on any atom is -0.323 e. The molecule has 3 aromatic rings. The number of carbonyl (C=O) groups excluding carboxylic acids is 2. The molecule has 1 unspecified atom stereocenters. The van der Waals surface area contributed by atoms with Gasteiger partial charge < -0.3 is 15.5 Å². The first-order valence-electron chi connectivity index (χ1n) is 9.82. The van der Waals surface area contributed by atoms with E-state index in [0.29, 0.717) is 5.69 Å². The van der Waals surface area contributed by atoms with E-state index in [2.05, 4.69) is 10.6 Å². The minimum atomic E-state index is -0.804. The summed E-state index contributed by atoms with van der Waals surface area (Å²) in [6.45, 7) is 1.92. The van der Waals surface area contributed by atoms with Gasteiger partial charge in [0, 0.05) is 18.3 Å². The molecule has 1 atom stereocenters. The Morgan fingerprint density at radius 2 is 1.57 bits per heavy atom. The quantitative estimate of drug-likeness (QED) is 0.679. The SMILES string of the molecule is Cc1ccccc1NC(=O)NC1C=C(c2ccccc2)c2ccccc2N(C)C1=O. The first kappa shape index (κ1) is 19.5.